The maximum absolute atomic E-state index is 13.1. The van der Waals surface area contributed by atoms with Crippen LogP contribution < -0.4 is 0 Å². The van der Waals surface area contributed by atoms with Gasteiger partial charge in [-0.2, -0.15) is 0 Å². The van der Waals surface area contributed by atoms with E-state index in [9.17, 15) is 24.9 Å². The van der Waals surface area contributed by atoms with Gasteiger partial charge >= 0.3 is 5.97 Å². The molecule has 5 fully saturated rings. The lowest BCUT2D eigenvalue weighted by Crippen LogP contribution is -2.72. The van der Waals surface area contributed by atoms with Gasteiger partial charge in [-0.1, -0.05) is 34.6 Å². The number of hydrogen-bond donors (Lipinski definition) is 3. The second kappa shape index (κ2) is 8.47. The van der Waals surface area contributed by atoms with E-state index >= 15 is 0 Å². The molecule has 9 atom stereocenters. The Bertz CT molecular complexity index is 954. The molecule has 1 heterocycles. The first-order valence-corrected chi connectivity index (χ1v) is 14.1. The molecule has 0 aromatic rings. The molecule has 5 rings (SSSR count). The highest BCUT2D eigenvalue weighted by molar-refractivity contribution is 5.91. The summed E-state index contributed by atoms with van der Waals surface area (Å²) in [4.78, 5) is 24.5. The van der Waals surface area contributed by atoms with Crippen molar-refractivity contribution in [2.75, 3.05) is 19.8 Å². The maximum atomic E-state index is 13.1. The van der Waals surface area contributed by atoms with Crippen LogP contribution in [-0.4, -0.2) is 70.0 Å². The van der Waals surface area contributed by atoms with Crippen LogP contribution in [-0.2, 0) is 23.8 Å². The van der Waals surface area contributed by atoms with Crippen LogP contribution in [0.1, 0.15) is 86.5 Å². The predicted molar refractivity (Wildman–Crippen MR) is 134 cm³/mol. The summed E-state index contributed by atoms with van der Waals surface area (Å²) in [5.74, 6) is -1.98. The van der Waals surface area contributed by atoms with Gasteiger partial charge < -0.3 is 29.5 Å². The highest BCUT2D eigenvalue weighted by atomic mass is 16.7. The van der Waals surface area contributed by atoms with E-state index in [2.05, 4.69) is 27.7 Å². The Hall–Kier alpha value is -1.06. The third-order valence-electron chi connectivity index (χ3n) is 11.7. The number of hydrogen-bond acceptors (Lipinski definition) is 8. The van der Waals surface area contributed by atoms with Crippen molar-refractivity contribution < 1.29 is 39.1 Å². The van der Waals surface area contributed by atoms with E-state index in [0.717, 1.165) is 0 Å². The average Bonchev–Trinajstić information content (AvgIpc) is 3.07. The fourth-order valence-electron chi connectivity index (χ4n) is 9.48. The minimum atomic E-state index is -1.65. The molecule has 3 N–H and O–H groups in total. The van der Waals surface area contributed by atoms with Crippen molar-refractivity contribution in [1.82, 2.24) is 0 Å². The van der Waals surface area contributed by atoms with Crippen molar-refractivity contribution >= 4 is 11.8 Å². The summed E-state index contributed by atoms with van der Waals surface area (Å²) in [5, 5.41) is 35.9. The van der Waals surface area contributed by atoms with Crippen molar-refractivity contribution in [3.63, 3.8) is 0 Å². The van der Waals surface area contributed by atoms with E-state index in [1.54, 1.807) is 0 Å². The highest BCUT2D eigenvalue weighted by Gasteiger charge is 2.73. The third-order valence-corrected chi connectivity index (χ3v) is 11.7. The Labute approximate surface area is 220 Å². The van der Waals surface area contributed by atoms with Crippen LogP contribution in [0.15, 0.2) is 0 Å². The lowest BCUT2D eigenvalue weighted by atomic mass is 9.40. The fraction of sp³-hybridized carbons (Fsp3) is 0.931. The summed E-state index contributed by atoms with van der Waals surface area (Å²) in [7, 11) is 0. The summed E-state index contributed by atoms with van der Waals surface area (Å²) in [6, 6.07) is 0. The van der Waals surface area contributed by atoms with Crippen molar-refractivity contribution in [2.24, 2.45) is 39.9 Å². The lowest BCUT2D eigenvalue weighted by molar-refractivity contribution is -0.365. The zero-order valence-corrected chi connectivity index (χ0v) is 23.3. The number of ether oxygens (including phenoxy) is 3. The Morgan fingerprint density at radius 1 is 1.00 bits per heavy atom. The number of ketones is 1. The van der Waals surface area contributed by atoms with Crippen molar-refractivity contribution in [1.29, 1.82) is 0 Å². The molecule has 210 valence electrons. The topological polar surface area (TPSA) is 123 Å². The van der Waals surface area contributed by atoms with Crippen LogP contribution >= 0.6 is 0 Å². The number of Topliss-reactive ketones (excluding diaryl/α,β-unsaturated/α-hetero) is 1. The van der Waals surface area contributed by atoms with E-state index in [1.807, 2.05) is 6.92 Å². The molecular weight excluding hydrogens is 476 g/mol. The quantitative estimate of drug-likeness (QED) is 0.484. The van der Waals surface area contributed by atoms with Crippen molar-refractivity contribution in [2.45, 2.75) is 110 Å². The standard InChI is InChI=1S/C29H46O8/c1-17-11-19-20-7-8-28(33,22(32)13-35-18(2)30)26(20,6)12-21(31)23(19)25(5)9-10-27(14-29(17,25)34)36-15-24(3,4)16-37-27/h17,19-21,23,31,33-34H,7-16H2,1-6H3/t17-,19+,20+,21+,23-,25-,26+,28+,29+/m1/s1. The molecule has 8 heteroatoms. The van der Waals surface area contributed by atoms with Gasteiger partial charge in [-0.3, -0.25) is 9.59 Å². The first kappa shape index (κ1) is 27.5. The summed E-state index contributed by atoms with van der Waals surface area (Å²) in [6.07, 6.45) is 2.87. The number of carbonyl (C=O) groups is 2. The van der Waals surface area contributed by atoms with Crippen LogP contribution in [0, 0.1) is 39.9 Å². The van der Waals surface area contributed by atoms with Crippen LogP contribution in [0.25, 0.3) is 0 Å². The Morgan fingerprint density at radius 3 is 2.27 bits per heavy atom. The second-order valence-corrected chi connectivity index (χ2v) is 14.4. The number of rotatable bonds is 3. The molecule has 37 heavy (non-hydrogen) atoms. The van der Waals surface area contributed by atoms with E-state index < -0.39 is 52.3 Å². The molecule has 0 aromatic carbocycles. The molecule has 1 aliphatic heterocycles. The third kappa shape index (κ3) is 3.80. The summed E-state index contributed by atoms with van der Waals surface area (Å²) in [5.41, 5.74) is -4.15. The predicted octanol–water partition coefficient (Wildman–Crippen LogP) is 2.99. The molecule has 0 bridgehead atoms. The Kier molecular flexibility index (Phi) is 6.30. The first-order chi connectivity index (χ1) is 17.0. The zero-order valence-electron chi connectivity index (χ0n) is 23.3. The van der Waals surface area contributed by atoms with Gasteiger partial charge in [0.15, 0.2) is 12.4 Å². The highest BCUT2D eigenvalue weighted by Crippen LogP contribution is 2.71. The number of fused-ring (bicyclic) bond motifs is 5. The molecule has 4 aliphatic carbocycles. The number of aliphatic hydroxyl groups is 3. The fourth-order valence-corrected chi connectivity index (χ4v) is 9.48. The molecule has 0 amide bonds. The molecule has 4 saturated carbocycles. The molecule has 0 aromatic heterocycles. The van der Waals surface area contributed by atoms with Crippen LogP contribution in [0.4, 0.5) is 0 Å². The monoisotopic (exact) mass is 522 g/mol. The molecule has 8 nitrogen and oxygen atoms in total. The van der Waals surface area contributed by atoms with E-state index in [1.165, 1.54) is 6.92 Å². The zero-order chi connectivity index (χ0) is 27.2. The SMILES string of the molecule is CC(=O)OCC(=O)[C@@]1(O)CC[C@H]2[C@@H]3C[C@@H](C)[C@@]4(O)CC5(CC[C@]4(C)[C@H]3[C@@H](O)C[C@@]21C)OCC(C)(C)CO5. The van der Waals surface area contributed by atoms with Crippen LogP contribution in [0.5, 0.6) is 0 Å². The normalized spacial score (nSPS) is 50.0. The number of aliphatic hydroxyl groups excluding tert-OH is 1. The van der Waals surface area contributed by atoms with E-state index in [0.29, 0.717) is 51.7 Å². The van der Waals surface area contributed by atoms with Gasteiger partial charge in [0.1, 0.15) is 5.60 Å². The maximum Gasteiger partial charge on any atom is 0.303 e. The summed E-state index contributed by atoms with van der Waals surface area (Å²) in [6.45, 7) is 12.3. The van der Waals surface area contributed by atoms with E-state index in [4.69, 9.17) is 14.2 Å². The largest absolute Gasteiger partial charge is 0.458 e. The van der Waals surface area contributed by atoms with Gasteiger partial charge in [-0.25, -0.2) is 0 Å². The Morgan fingerprint density at radius 2 is 1.65 bits per heavy atom. The second-order valence-electron chi connectivity index (χ2n) is 14.4. The molecule has 0 radical (unpaired) electrons. The van der Waals surface area contributed by atoms with Gasteiger partial charge in [0.25, 0.3) is 0 Å². The molecule has 1 saturated heterocycles. The van der Waals surface area contributed by atoms with Gasteiger partial charge in [-0.15, -0.1) is 0 Å². The van der Waals surface area contributed by atoms with Gasteiger partial charge in [0, 0.05) is 36.0 Å². The summed E-state index contributed by atoms with van der Waals surface area (Å²) >= 11 is 0. The van der Waals surface area contributed by atoms with E-state index in [-0.39, 0.29) is 35.5 Å². The molecule has 1 spiro atoms. The molecular formula is C29H46O8. The molecule has 5 aliphatic rings. The lowest BCUT2D eigenvalue weighted by Gasteiger charge is -2.68. The van der Waals surface area contributed by atoms with Crippen LogP contribution in [0.3, 0.4) is 0 Å². The van der Waals surface area contributed by atoms with Gasteiger partial charge in [0.2, 0.25) is 5.78 Å². The minimum absolute atomic E-state index is 0.0230. The van der Waals surface area contributed by atoms with Gasteiger partial charge in [0.05, 0.1) is 24.9 Å². The number of carbonyl (C=O) groups excluding carboxylic acids is 2. The number of esters is 1. The molecule has 0 unspecified atom stereocenters. The van der Waals surface area contributed by atoms with Crippen molar-refractivity contribution in [3.8, 4) is 0 Å². The summed E-state index contributed by atoms with van der Waals surface area (Å²) < 4.78 is 17.6. The first-order valence-electron chi connectivity index (χ1n) is 14.1. The minimum Gasteiger partial charge on any atom is -0.458 e. The smallest absolute Gasteiger partial charge is 0.303 e. The van der Waals surface area contributed by atoms with Crippen molar-refractivity contribution in [3.05, 3.63) is 0 Å². The average molecular weight is 523 g/mol. The Balaban J connectivity index is 1.44. The van der Waals surface area contributed by atoms with Crippen LogP contribution in [0.2, 0.25) is 0 Å². The van der Waals surface area contributed by atoms with Gasteiger partial charge in [-0.05, 0) is 55.8 Å².